The van der Waals surface area contributed by atoms with Gasteiger partial charge >= 0.3 is 5.97 Å². The number of nitrogens with zero attached hydrogens (tertiary/aromatic N) is 4. The molecule has 0 spiro atoms. The van der Waals surface area contributed by atoms with Crippen molar-refractivity contribution in [2.75, 3.05) is 31.1 Å². The molecule has 1 unspecified atom stereocenters. The van der Waals surface area contributed by atoms with Crippen LogP contribution in [-0.4, -0.2) is 238 Å². The van der Waals surface area contributed by atoms with Gasteiger partial charge < -0.3 is 100 Å². The second-order valence-electron chi connectivity index (χ2n) is 27.7. The topological polar surface area (TPSA) is 528 Å². The highest BCUT2D eigenvalue weighted by atomic mass is 32.2. The summed E-state index contributed by atoms with van der Waals surface area (Å²) in [6, 6.07) is 7.25. The molecule has 3 aromatic carbocycles. The van der Waals surface area contributed by atoms with E-state index in [-0.39, 0.29) is 93.6 Å². The van der Waals surface area contributed by atoms with Gasteiger partial charge in [0.25, 0.3) is 0 Å². The molecular formula is C71H98N18O16S3. The van der Waals surface area contributed by atoms with Crippen LogP contribution in [0.3, 0.4) is 0 Å². The number of thiol groups is 2. The zero-order chi connectivity index (χ0) is 79.1. The molecule has 14 atom stereocenters. The highest BCUT2D eigenvalue weighted by Gasteiger charge is 2.52. The molecule has 586 valence electrons. The number of carboxylic acids is 1. The fourth-order valence-electron chi connectivity index (χ4n) is 12.5. The predicted molar refractivity (Wildman–Crippen MR) is 405 cm³/mol. The summed E-state index contributed by atoms with van der Waals surface area (Å²) >= 11 is 9.89. The van der Waals surface area contributed by atoms with Crippen molar-refractivity contribution >= 4 is 120 Å². The minimum Gasteiger partial charge on any atom is -0.508 e. The lowest BCUT2D eigenvalue weighted by Crippen LogP contribution is -2.63. The minimum absolute atomic E-state index is 0.0232. The summed E-state index contributed by atoms with van der Waals surface area (Å²) in [5, 5.41) is 56.1. The second-order valence-corrected chi connectivity index (χ2v) is 30.5. The molecule has 0 bridgehead atoms. The Labute approximate surface area is 639 Å². The minimum atomic E-state index is -1.76. The summed E-state index contributed by atoms with van der Waals surface area (Å²) in [6.45, 7) is 7.29. The number of thioether (sulfide) groups is 1. The van der Waals surface area contributed by atoms with Gasteiger partial charge in [-0.15, -0.1) is 11.8 Å². The summed E-state index contributed by atoms with van der Waals surface area (Å²) in [5.41, 5.74) is 19.1. The quantitative estimate of drug-likeness (QED) is 0.00920. The fourth-order valence-corrected chi connectivity index (χ4v) is 14.4. The third kappa shape index (κ3) is 25.1. The van der Waals surface area contributed by atoms with Crippen LogP contribution in [0.5, 0.6) is 5.75 Å². The Morgan fingerprint density at radius 3 is 1.84 bits per heavy atom. The van der Waals surface area contributed by atoms with E-state index < -0.39 is 172 Å². The van der Waals surface area contributed by atoms with Gasteiger partial charge in [0.05, 0.1) is 30.4 Å². The van der Waals surface area contributed by atoms with E-state index >= 15 is 0 Å². The molecule has 108 heavy (non-hydrogen) atoms. The normalized spacial score (nSPS) is 18.9. The monoisotopic (exact) mass is 1550 g/mol. The summed E-state index contributed by atoms with van der Waals surface area (Å²) in [5.74, 6) is -11.5. The van der Waals surface area contributed by atoms with E-state index in [1.54, 1.807) is 72.8 Å². The number of likely N-dealkylation sites (tertiary alicyclic amines) is 1. The molecule has 4 aromatic rings. The van der Waals surface area contributed by atoms with Gasteiger partial charge in [0.1, 0.15) is 72.2 Å². The number of nitrogens with two attached hydrogens (primary N) is 3. The Balaban J connectivity index is 1.00. The first-order valence-corrected chi connectivity index (χ1v) is 37.5. The number of benzene rings is 3. The van der Waals surface area contributed by atoms with E-state index in [9.17, 15) is 77.6 Å². The number of aromatic amines is 1. The smallest absolute Gasteiger partial charge is 0.327 e. The standard InChI is InChI=1S/C71H98N18O16S3/c1-37(2)26-45(59(94)83-49(29-41-20-22-43(91)23-21-41)67(102)88-25-13-19-52(88)63(98)85-51(34-106)69(104)105)82-64(99)53-35-108-55-31-50(68(103)89(53)55)84-60(95)46(27-39-14-8-6-9-15-39)81-61(96)48(30-42-32-75-36-78-42)79-54(92)33-77-65(100)56(38(3)90)86-66(101)57(71(4,5)107)87-62(97)47(28-40-16-10-7-11-17-40)80-58(93)44(72)18-12-24-76-70(73)74/h6-11,14-17,20-23,32,36-38,44-53,55-57,90-91,106-107H,12-13,18-19,24-31,33-35,72H2,1-5H3,(H,75,78)(H,77,100)(H,79,92)(H,80,93)(H,81,96)(H,82,99)(H,83,94)(H,84,95)(H,85,98)(H,86,101)(H,87,97)(H,104,105)(H4,73,74,76)/t38-,44+,45+,46+,47+,48+,49+,50-,51+,52+,53-,55?,56+,57+/m1/s1. The fraction of sp³-hybridized carbons (Fsp3) is 0.507. The van der Waals surface area contributed by atoms with Crippen molar-refractivity contribution in [3.8, 4) is 5.75 Å². The number of H-pyrrole nitrogens is 1. The number of amides is 12. The van der Waals surface area contributed by atoms with Crippen LogP contribution in [-0.2, 0) is 88.0 Å². The van der Waals surface area contributed by atoms with Crippen molar-refractivity contribution in [3.63, 3.8) is 0 Å². The number of imidazole rings is 1. The van der Waals surface area contributed by atoms with Crippen molar-refractivity contribution in [1.82, 2.24) is 72.9 Å². The number of phenols is 1. The van der Waals surface area contributed by atoms with Gasteiger partial charge in [-0.1, -0.05) is 86.6 Å². The Morgan fingerprint density at radius 1 is 0.694 bits per heavy atom. The first-order valence-electron chi connectivity index (χ1n) is 35.3. The number of fused-ring (bicyclic) bond motifs is 1. The number of carbonyl (C=O) groups is 13. The first kappa shape index (κ1) is 85.3. The number of rotatable bonds is 39. The van der Waals surface area contributed by atoms with E-state index in [0.717, 1.165) is 0 Å². The van der Waals surface area contributed by atoms with Crippen LogP contribution in [0.25, 0.3) is 0 Å². The summed E-state index contributed by atoms with van der Waals surface area (Å²) in [6.07, 6.45) is 1.79. The third-order valence-corrected chi connectivity index (χ3v) is 20.1. The van der Waals surface area contributed by atoms with Gasteiger partial charge in [-0.05, 0) is 87.6 Å². The summed E-state index contributed by atoms with van der Waals surface area (Å²) in [4.78, 5) is 196. The molecule has 3 saturated heterocycles. The third-order valence-electron chi connectivity index (χ3n) is 18.2. The maximum atomic E-state index is 14.7. The van der Waals surface area contributed by atoms with Crippen LogP contribution in [0.1, 0.15) is 95.5 Å². The largest absolute Gasteiger partial charge is 0.508 e. The summed E-state index contributed by atoms with van der Waals surface area (Å²) < 4.78 is -1.36. The van der Waals surface area contributed by atoms with E-state index in [1.807, 2.05) is 13.8 Å². The highest BCUT2D eigenvalue weighted by molar-refractivity contribution is 8.00. The van der Waals surface area contributed by atoms with Crippen LogP contribution in [0, 0.1) is 5.92 Å². The Hall–Kier alpha value is -9.98. The molecule has 0 radical (unpaired) electrons. The lowest BCUT2D eigenvalue weighted by Gasteiger charge is -2.33. The molecule has 3 aliphatic heterocycles. The van der Waals surface area contributed by atoms with Crippen molar-refractivity contribution in [1.29, 1.82) is 0 Å². The molecule has 34 nitrogen and oxygen atoms in total. The molecule has 3 aliphatic rings. The number of aliphatic carboxylic acids is 1. The van der Waals surface area contributed by atoms with E-state index in [1.165, 1.54) is 67.0 Å². The van der Waals surface area contributed by atoms with Crippen LogP contribution in [0.15, 0.2) is 102 Å². The first-order chi connectivity index (χ1) is 51.2. The highest BCUT2D eigenvalue weighted by Crippen LogP contribution is 2.38. The second kappa shape index (κ2) is 40.3. The molecule has 12 amide bonds. The summed E-state index contributed by atoms with van der Waals surface area (Å²) in [7, 11) is 0. The van der Waals surface area contributed by atoms with Crippen molar-refractivity contribution in [2.24, 2.45) is 28.1 Å². The Morgan fingerprint density at radius 2 is 1.26 bits per heavy atom. The Bertz CT molecular complexity index is 3830. The van der Waals surface area contributed by atoms with Gasteiger partial charge in [-0.2, -0.15) is 25.3 Å². The van der Waals surface area contributed by atoms with Gasteiger partial charge in [0.2, 0.25) is 70.9 Å². The van der Waals surface area contributed by atoms with Gasteiger partial charge in [-0.3, -0.25) is 62.5 Å². The number of nitrogens with one attached hydrogen (secondary N) is 11. The number of aromatic hydroxyl groups is 1. The number of guanidine groups is 1. The SMILES string of the molecule is CC(C)C[C@H](NC(=O)[C@H]1CSC2C[C@@H](NC(=O)[C@H](Cc3ccccc3)NC(=O)[C@H](Cc3cnc[nH]3)NC(=O)CNC(=O)[C@@H](NC(=O)[C@H](NC(=O)[C@H](Cc3ccccc3)NC(=O)[C@@H](N)CCCN=C(N)N)C(C)(C)S)[C@@H](C)O)C(=O)N21)C(=O)N[C@@H](Cc1ccc(O)cc1)C(=O)N1CCC[C@H]1C(=O)N[C@@H](CS)C(=O)O. The average Bonchev–Trinajstić information content (AvgIpc) is 1.62. The molecule has 0 saturated carbocycles. The van der Waals surface area contributed by atoms with Crippen molar-refractivity contribution in [3.05, 3.63) is 120 Å². The molecule has 0 aliphatic carbocycles. The Kier molecular flexibility index (Phi) is 31.8. The molecule has 7 rings (SSSR count). The van der Waals surface area contributed by atoms with Crippen LogP contribution in [0.4, 0.5) is 0 Å². The number of carbonyl (C=O) groups excluding carboxylic acids is 12. The number of hydrogen-bond acceptors (Lipinski definition) is 21. The number of phenolic OH excluding ortho intramolecular Hbond substituents is 1. The maximum Gasteiger partial charge on any atom is 0.327 e. The number of aliphatic hydroxyl groups is 1. The van der Waals surface area contributed by atoms with Crippen LogP contribution in [0.2, 0.25) is 0 Å². The molecule has 1 aromatic heterocycles. The van der Waals surface area contributed by atoms with Crippen LogP contribution < -0.4 is 70.4 Å². The number of aromatic nitrogens is 2. The zero-order valence-electron chi connectivity index (χ0n) is 60.5. The predicted octanol–water partition coefficient (Wildman–Crippen LogP) is -2.94. The van der Waals surface area contributed by atoms with Crippen molar-refractivity contribution < 1.29 is 77.6 Å². The van der Waals surface area contributed by atoms with E-state index in [4.69, 9.17) is 17.2 Å². The molecule has 37 heteroatoms. The number of aliphatic hydroxyl groups excluding tert-OH is 1. The molecule has 4 heterocycles. The maximum absolute atomic E-state index is 14.7. The average molecular weight is 1560 g/mol. The van der Waals surface area contributed by atoms with E-state index in [0.29, 0.717) is 35.2 Å². The molecular weight excluding hydrogens is 1460 g/mol. The zero-order valence-corrected chi connectivity index (χ0v) is 63.1. The lowest BCUT2D eigenvalue weighted by molar-refractivity contribution is -0.144. The molecule has 3 fully saturated rings. The molecule has 20 N–H and O–H groups in total. The van der Waals surface area contributed by atoms with Gasteiger partial charge in [0.15, 0.2) is 5.96 Å². The van der Waals surface area contributed by atoms with Gasteiger partial charge in [-0.25, -0.2) is 9.78 Å². The van der Waals surface area contributed by atoms with Crippen molar-refractivity contribution in [2.45, 2.75) is 188 Å². The van der Waals surface area contributed by atoms with Gasteiger partial charge in [0, 0.05) is 73.3 Å². The number of carboxylic acid groups (broad SMARTS) is 1. The number of aliphatic imine (C=N–C) groups is 1. The lowest BCUT2D eigenvalue weighted by atomic mass is 9.99. The van der Waals surface area contributed by atoms with Crippen LogP contribution >= 0.6 is 37.0 Å². The number of hydrogen-bond donors (Lipinski definition) is 19. The van der Waals surface area contributed by atoms with E-state index in [2.05, 4.69) is 93.4 Å².